The van der Waals surface area contributed by atoms with Crippen molar-refractivity contribution in [1.82, 2.24) is 4.90 Å². The van der Waals surface area contributed by atoms with Crippen molar-refractivity contribution in [3.05, 3.63) is 0 Å². The van der Waals surface area contributed by atoms with Crippen molar-refractivity contribution in [3.63, 3.8) is 0 Å². The first-order valence-corrected chi connectivity index (χ1v) is 6.13. The van der Waals surface area contributed by atoms with Crippen molar-refractivity contribution in [1.29, 1.82) is 0 Å². The quantitative estimate of drug-likeness (QED) is 0.624. The molecule has 82 valence electrons. The molecule has 1 rings (SSSR count). The summed E-state index contributed by atoms with van der Waals surface area (Å²) in [5.41, 5.74) is -0.388. The molecule has 0 N–H and O–H groups in total. The molecule has 1 fully saturated rings. The Labute approximate surface area is 90.2 Å². The summed E-state index contributed by atoms with van der Waals surface area (Å²) in [6.07, 6.45) is -0.176. The van der Waals surface area contributed by atoms with Crippen LogP contribution in [-0.2, 0) is 4.74 Å². The van der Waals surface area contributed by atoms with Crippen LogP contribution >= 0.6 is 11.8 Å². The Kier molecular flexibility index (Phi) is 3.70. The molecule has 0 aliphatic carbocycles. The van der Waals surface area contributed by atoms with Crippen LogP contribution in [0.3, 0.4) is 0 Å². The summed E-state index contributed by atoms with van der Waals surface area (Å²) in [6.45, 7) is 8.56. The minimum atomic E-state index is -0.388. The molecule has 0 bridgehead atoms. The van der Waals surface area contributed by atoms with E-state index < -0.39 is 0 Å². The van der Waals surface area contributed by atoms with Crippen molar-refractivity contribution in [2.24, 2.45) is 0 Å². The molecule has 1 aliphatic rings. The topological polar surface area (TPSA) is 29.5 Å². The molecule has 1 heterocycles. The summed E-state index contributed by atoms with van der Waals surface area (Å²) in [7, 11) is 0. The van der Waals surface area contributed by atoms with Crippen molar-refractivity contribution < 1.29 is 9.53 Å². The van der Waals surface area contributed by atoms with Crippen molar-refractivity contribution in [2.45, 2.75) is 39.3 Å². The highest BCUT2D eigenvalue weighted by atomic mass is 32.2. The number of hydrogen-bond acceptors (Lipinski definition) is 3. The normalized spacial score (nSPS) is 23.4. The van der Waals surface area contributed by atoms with Gasteiger partial charge in [0.1, 0.15) is 5.60 Å². The van der Waals surface area contributed by atoms with Crippen molar-refractivity contribution >= 4 is 17.9 Å². The lowest BCUT2D eigenvalue weighted by molar-refractivity contribution is 0.0202. The number of amides is 1. The molecule has 1 atom stereocenters. The van der Waals surface area contributed by atoms with Crippen LogP contribution in [0.2, 0.25) is 0 Å². The summed E-state index contributed by atoms with van der Waals surface area (Å²) in [5.74, 6) is 2.03. The number of hydrogen-bond donors (Lipinski definition) is 0. The third-order valence-electron chi connectivity index (χ3n) is 2.00. The van der Waals surface area contributed by atoms with Gasteiger partial charge in [0.25, 0.3) is 0 Å². The smallest absolute Gasteiger partial charge is 0.410 e. The van der Waals surface area contributed by atoms with Gasteiger partial charge in [0.15, 0.2) is 0 Å². The minimum absolute atomic E-state index is 0.176. The number of rotatable bonds is 0. The number of thioether (sulfide) groups is 1. The summed E-state index contributed by atoms with van der Waals surface area (Å²) in [5, 5.41) is 0. The van der Waals surface area contributed by atoms with Crippen LogP contribution < -0.4 is 0 Å². The van der Waals surface area contributed by atoms with Gasteiger partial charge in [-0.2, -0.15) is 11.8 Å². The molecule has 0 aromatic heterocycles. The van der Waals surface area contributed by atoms with E-state index in [1.54, 1.807) is 0 Å². The second kappa shape index (κ2) is 4.43. The highest BCUT2D eigenvalue weighted by molar-refractivity contribution is 7.99. The van der Waals surface area contributed by atoms with Crippen LogP contribution in [0.15, 0.2) is 0 Å². The van der Waals surface area contributed by atoms with Crippen LogP contribution in [0.4, 0.5) is 4.79 Å². The van der Waals surface area contributed by atoms with Crippen LogP contribution in [0.25, 0.3) is 0 Å². The molecule has 1 unspecified atom stereocenters. The first-order valence-electron chi connectivity index (χ1n) is 4.97. The molecule has 3 nitrogen and oxygen atoms in total. The van der Waals surface area contributed by atoms with Gasteiger partial charge in [-0.15, -0.1) is 0 Å². The van der Waals surface area contributed by atoms with E-state index in [1.165, 1.54) is 0 Å². The lowest BCUT2D eigenvalue weighted by Gasteiger charge is -2.34. The zero-order valence-electron chi connectivity index (χ0n) is 9.37. The molecule has 0 aromatic carbocycles. The van der Waals surface area contributed by atoms with Crippen LogP contribution in [0.5, 0.6) is 0 Å². The van der Waals surface area contributed by atoms with Crippen molar-refractivity contribution in [3.8, 4) is 0 Å². The van der Waals surface area contributed by atoms with Crippen LogP contribution in [0.1, 0.15) is 27.7 Å². The van der Waals surface area contributed by atoms with Gasteiger partial charge >= 0.3 is 6.09 Å². The maximum atomic E-state index is 11.7. The van der Waals surface area contributed by atoms with Gasteiger partial charge in [-0.05, 0) is 27.7 Å². The van der Waals surface area contributed by atoms with E-state index >= 15 is 0 Å². The standard InChI is InChI=1S/C10H19NO2S/c1-8-7-14-6-5-11(8)9(12)13-10(2,3)4/h8H,5-7H2,1-4H3. The third-order valence-corrected chi connectivity index (χ3v) is 3.19. The van der Waals surface area contributed by atoms with E-state index in [0.717, 1.165) is 18.1 Å². The van der Waals surface area contributed by atoms with Gasteiger partial charge in [0.2, 0.25) is 0 Å². The Morgan fingerprint density at radius 1 is 1.50 bits per heavy atom. The Morgan fingerprint density at radius 2 is 2.14 bits per heavy atom. The largest absolute Gasteiger partial charge is 0.444 e. The van der Waals surface area contributed by atoms with E-state index in [2.05, 4.69) is 6.92 Å². The Hall–Kier alpha value is -0.380. The average molecular weight is 217 g/mol. The summed E-state index contributed by atoms with van der Waals surface area (Å²) in [6, 6.07) is 0.295. The van der Waals surface area contributed by atoms with Crippen LogP contribution in [-0.4, -0.2) is 40.7 Å². The van der Waals surface area contributed by atoms with Crippen molar-refractivity contribution in [2.75, 3.05) is 18.1 Å². The second-order valence-electron chi connectivity index (χ2n) is 4.60. The first-order chi connectivity index (χ1) is 6.40. The van der Waals surface area contributed by atoms with Gasteiger partial charge in [0, 0.05) is 24.1 Å². The van der Waals surface area contributed by atoms with Gasteiger partial charge < -0.3 is 9.64 Å². The molecule has 1 saturated heterocycles. The molecule has 0 aromatic rings. The molecule has 0 spiro atoms. The first kappa shape index (κ1) is 11.7. The highest BCUT2D eigenvalue weighted by Crippen LogP contribution is 2.19. The molecule has 0 saturated carbocycles. The maximum absolute atomic E-state index is 11.7. The Balaban J connectivity index is 2.50. The summed E-state index contributed by atoms with van der Waals surface area (Å²) < 4.78 is 5.33. The maximum Gasteiger partial charge on any atom is 0.410 e. The Morgan fingerprint density at radius 3 is 2.64 bits per heavy atom. The zero-order valence-corrected chi connectivity index (χ0v) is 10.2. The molecule has 1 amide bonds. The van der Waals surface area contributed by atoms with E-state index in [9.17, 15) is 4.79 Å². The lowest BCUT2D eigenvalue weighted by Crippen LogP contribution is -2.46. The fourth-order valence-corrected chi connectivity index (χ4v) is 2.33. The number of nitrogens with zero attached hydrogens (tertiary/aromatic N) is 1. The average Bonchev–Trinajstić information content (AvgIpc) is 2.01. The Bertz CT molecular complexity index is 213. The molecule has 1 aliphatic heterocycles. The molecule has 0 radical (unpaired) electrons. The highest BCUT2D eigenvalue weighted by Gasteiger charge is 2.27. The summed E-state index contributed by atoms with van der Waals surface area (Å²) in [4.78, 5) is 13.5. The fourth-order valence-electron chi connectivity index (χ4n) is 1.32. The molecule has 4 heteroatoms. The fraction of sp³-hybridized carbons (Fsp3) is 0.900. The van der Waals surface area contributed by atoms with Gasteiger partial charge in [-0.1, -0.05) is 0 Å². The van der Waals surface area contributed by atoms with E-state index in [4.69, 9.17) is 4.74 Å². The lowest BCUT2D eigenvalue weighted by atomic mass is 10.2. The predicted octanol–water partition coefficient (Wildman–Crippen LogP) is 2.36. The van der Waals surface area contributed by atoms with Gasteiger partial charge in [-0.3, -0.25) is 0 Å². The zero-order chi connectivity index (χ0) is 10.8. The molecular weight excluding hydrogens is 198 g/mol. The van der Waals surface area contributed by atoms with E-state index in [0.29, 0.717) is 6.04 Å². The summed E-state index contributed by atoms with van der Waals surface area (Å²) >= 11 is 1.89. The van der Waals surface area contributed by atoms with Gasteiger partial charge in [0.05, 0.1) is 0 Å². The second-order valence-corrected chi connectivity index (χ2v) is 5.75. The van der Waals surface area contributed by atoms with E-state index in [1.807, 2.05) is 37.4 Å². The SMILES string of the molecule is CC1CSCCN1C(=O)OC(C)(C)C. The molecule has 14 heavy (non-hydrogen) atoms. The number of carbonyl (C=O) groups is 1. The number of ether oxygens (including phenoxy) is 1. The van der Waals surface area contributed by atoms with E-state index in [-0.39, 0.29) is 11.7 Å². The van der Waals surface area contributed by atoms with Gasteiger partial charge in [-0.25, -0.2) is 4.79 Å². The molecular formula is C10H19NO2S. The third kappa shape index (κ3) is 3.40. The monoisotopic (exact) mass is 217 g/mol. The van der Waals surface area contributed by atoms with Crippen LogP contribution in [0, 0.1) is 0 Å². The number of carbonyl (C=O) groups excluding carboxylic acids is 1. The minimum Gasteiger partial charge on any atom is -0.444 e. The predicted molar refractivity (Wildman–Crippen MR) is 59.7 cm³/mol.